The Bertz CT molecular complexity index is 531. The summed E-state index contributed by atoms with van der Waals surface area (Å²) in [7, 11) is 1.92. The summed E-state index contributed by atoms with van der Waals surface area (Å²) in [4.78, 5) is 8.09. The van der Waals surface area contributed by atoms with Crippen molar-refractivity contribution in [3.8, 4) is 0 Å². The summed E-state index contributed by atoms with van der Waals surface area (Å²) in [6.07, 6.45) is 3.31. The van der Waals surface area contributed by atoms with Gasteiger partial charge in [0.25, 0.3) is 0 Å². The van der Waals surface area contributed by atoms with Crippen molar-refractivity contribution in [1.29, 1.82) is 0 Å². The second-order valence-electron chi connectivity index (χ2n) is 3.96. The molecule has 2 aromatic rings. The van der Waals surface area contributed by atoms with E-state index in [4.69, 9.17) is 5.73 Å². The molecule has 0 atom stereocenters. The topological polar surface area (TPSA) is 81.7 Å². The number of aromatic nitrogens is 4. The van der Waals surface area contributed by atoms with Gasteiger partial charge in [-0.15, -0.1) is 0 Å². The summed E-state index contributed by atoms with van der Waals surface area (Å²) < 4.78 is 1.85. The van der Waals surface area contributed by atoms with Gasteiger partial charge in [0.1, 0.15) is 18.0 Å². The average molecular weight is 232 g/mol. The molecule has 0 bridgehead atoms. The predicted octanol–water partition coefficient (Wildman–Crippen LogP) is 1.02. The van der Waals surface area contributed by atoms with E-state index >= 15 is 0 Å². The lowest BCUT2D eigenvalue weighted by Crippen LogP contribution is -2.06. The zero-order valence-electron chi connectivity index (χ0n) is 10.2. The van der Waals surface area contributed by atoms with Gasteiger partial charge >= 0.3 is 0 Å². The van der Waals surface area contributed by atoms with Crippen LogP contribution >= 0.6 is 0 Å². The minimum atomic E-state index is 0.505. The highest BCUT2D eigenvalue weighted by Gasteiger charge is 2.06. The van der Waals surface area contributed by atoms with Gasteiger partial charge < -0.3 is 11.1 Å². The lowest BCUT2D eigenvalue weighted by molar-refractivity contribution is 0.738. The van der Waals surface area contributed by atoms with Crippen molar-refractivity contribution in [3.63, 3.8) is 0 Å². The number of hydrogen-bond donors (Lipinski definition) is 2. The molecule has 2 aromatic heterocycles. The molecular formula is C11H16N6. The summed E-state index contributed by atoms with van der Waals surface area (Å²) in [5.74, 6) is 1.27. The first kappa shape index (κ1) is 11.4. The van der Waals surface area contributed by atoms with E-state index in [0.29, 0.717) is 12.4 Å². The number of nitrogen functional groups attached to an aromatic ring is 1. The Labute approximate surface area is 99.9 Å². The number of hydrogen-bond acceptors (Lipinski definition) is 5. The maximum atomic E-state index is 5.72. The van der Waals surface area contributed by atoms with Crippen LogP contribution in [0.5, 0.6) is 0 Å². The van der Waals surface area contributed by atoms with E-state index in [-0.39, 0.29) is 0 Å². The van der Waals surface area contributed by atoms with Crippen molar-refractivity contribution in [2.75, 3.05) is 11.1 Å². The van der Waals surface area contributed by atoms with Crippen molar-refractivity contribution in [3.05, 3.63) is 29.3 Å². The highest BCUT2D eigenvalue weighted by Crippen LogP contribution is 2.16. The van der Waals surface area contributed by atoms with E-state index < -0.39 is 0 Å². The van der Waals surface area contributed by atoms with Crippen molar-refractivity contribution in [2.45, 2.75) is 20.4 Å². The maximum Gasteiger partial charge on any atom is 0.134 e. The van der Waals surface area contributed by atoms with Gasteiger partial charge in [-0.05, 0) is 13.8 Å². The number of aryl methyl sites for hydroxylation is 1. The van der Waals surface area contributed by atoms with E-state index in [1.54, 1.807) is 0 Å². The number of nitrogens with zero attached hydrogens (tertiary/aromatic N) is 4. The van der Waals surface area contributed by atoms with Crippen LogP contribution in [0.3, 0.4) is 0 Å². The molecule has 2 heterocycles. The van der Waals surface area contributed by atoms with Crippen molar-refractivity contribution >= 4 is 11.6 Å². The second kappa shape index (κ2) is 4.40. The highest BCUT2D eigenvalue weighted by molar-refractivity contribution is 5.53. The first-order valence-corrected chi connectivity index (χ1v) is 5.38. The smallest absolute Gasteiger partial charge is 0.134 e. The molecule has 0 aliphatic carbocycles. The SMILES string of the molecule is Cc1c(N)ncnc1NCc1cnn(C)c1C. The van der Waals surface area contributed by atoms with E-state index in [2.05, 4.69) is 20.4 Å². The zero-order chi connectivity index (χ0) is 12.4. The maximum absolute atomic E-state index is 5.72. The molecule has 6 heteroatoms. The van der Waals surface area contributed by atoms with Gasteiger partial charge in [-0.2, -0.15) is 5.10 Å². The molecule has 0 spiro atoms. The van der Waals surface area contributed by atoms with Gasteiger partial charge in [0.15, 0.2) is 0 Å². The van der Waals surface area contributed by atoms with E-state index in [0.717, 1.165) is 22.6 Å². The molecule has 0 unspecified atom stereocenters. The predicted molar refractivity (Wildman–Crippen MR) is 66.5 cm³/mol. The summed E-state index contributed by atoms with van der Waals surface area (Å²) in [5.41, 5.74) is 8.86. The van der Waals surface area contributed by atoms with Gasteiger partial charge in [-0.1, -0.05) is 0 Å². The molecule has 0 aliphatic rings. The van der Waals surface area contributed by atoms with Gasteiger partial charge in [0.05, 0.1) is 6.20 Å². The van der Waals surface area contributed by atoms with Crippen LogP contribution in [-0.2, 0) is 13.6 Å². The molecule has 0 aliphatic heterocycles. The molecule has 6 nitrogen and oxygen atoms in total. The fourth-order valence-electron chi connectivity index (χ4n) is 1.54. The molecule has 0 radical (unpaired) electrons. The van der Waals surface area contributed by atoms with E-state index in [9.17, 15) is 0 Å². The standard InChI is InChI=1S/C11H16N6/c1-7-10(12)14-6-15-11(7)13-4-9-5-16-17(3)8(9)2/h5-6H,4H2,1-3H3,(H3,12,13,14,15). The molecule has 0 fully saturated rings. The molecule has 2 rings (SSSR count). The summed E-state index contributed by atoms with van der Waals surface area (Å²) in [6, 6.07) is 0. The molecule has 0 aromatic carbocycles. The lowest BCUT2D eigenvalue weighted by Gasteiger charge is -2.08. The molecule has 3 N–H and O–H groups in total. The average Bonchev–Trinajstić information content (AvgIpc) is 2.62. The van der Waals surface area contributed by atoms with Crippen LogP contribution in [0.4, 0.5) is 11.6 Å². The Morgan fingerprint density at radius 1 is 1.35 bits per heavy atom. The zero-order valence-corrected chi connectivity index (χ0v) is 10.2. The first-order valence-electron chi connectivity index (χ1n) is 5.38. The lowest BCUT2D eigenvalue weighted by atomic mass is 10.2. The minimum absolute atomic E-state index is 0.505. The number of nitrogens with two attached hydrogens (primary N) is 1. The Morgan fingerprint density at radius 3 is 2.76 bits per heavy atom. The molecular weight excluding hydrogens is 216 g/mol. The van der Waals surface area contributed by atoms with E-state index in [1.807, 2.05) is 31.8 Å². The fourth-order valence-corrected chi connectivity index (χ4v) is 1.54. The number of rotatable bonds is 3. The Balaban J connectivity index is 2.13. The van der Waals surface area contributed by atoms with Gasteiger partial charge in [-0.3, -0.25) is 4.68 Å². The van der Waals surface area contributed by atoms with Gasteiger partial charge in [0, 0.05) is 30.4 Å². The summed E-state index contributed by atoms with van der Waals surface area (Å²) in [5, 5.41) is 7.43. The van der Waals surface area contributed by atoms with Crippen LogP contribution in [0.15, 0.2) is 12.5 Å². The molecule has 17 heavy (non-hydrogen) atoms. The van der Waals surface area contributed by atoms with Crippen LogP contribution in [0, 0.1) is 13.8 Å². The molecule has 90 valence electrons. The summed E-state index contributed by atoms with van der Waals surface area (Å²) >= 11 is 0. The highest BCUT2D eigenvalue weighted by atomic mass is 15.3. The molecule has 0 saturated carbocycles. The summed E-state index contributed by atoms with van der Waals surface area (Å²) in [6.45, 7) is 4.61. The van der Waals surface area contributed by atoms with Crippen LogP contribution < -0.4 is 11.1 Å². The third kappa shape index (κ3) is 2.20. The number of anilines is 2. The normalized spacial score (nSPS) is 10.5. The van der Waals surface area contributed by atoms with Crippen LogP contribution in [-0.4, -0.2) is 19.7 Å². The fraction of sp³-hybridized carbons (Fsp3) is 0.364. The number of nitrogens with one attached hydrogen (secondary N) is 1. The van der Waals surface area contributed by atoms with Crippen LogP contribution in [0.2, 0.25) is 0 Å². The van der Waals surface area contributed by atoms with Gasteiger partial charge in [-0.25, -0.2) is 9.97 Å². The molecule has 0 amide bonds. The largest absolute Gasteiger partial charge is 0.383 e. The Kier molecular flexibility index (Phi) is 2.95. The van der Waals surface area contributed by atoms with Gasteiger partial charge in [0.2, 0.25) is 0 Å². The third-order valence-corrected chi connectivity index (χ3v) is 2.91. The molecule has 0 saturated heterocycles. The quantitative estimate of drug-likeness (QED) is 0.825. The first-order chi connectivity index (χ1) is 8.09. The monoisotopic (exact) mass is 232 g/mol. The third-order valence-electron chi connectivity index (χ3n) is 2.91. The second-order valence-corrected chi connectivity index (χ2v) is 3.96. The Hall–Kier alpha value is -2.11. The van der Waals surface area contributed by atoms with Crippen molar-refractivity contribution in [2.24, 2.45) is 7.05 Å². The van der Waals surface area contributed by atoms with Crippen LogP contribution in [0.25, 0.3) is 0 Å². The van der Waals surface area contributed by atoms with E-state index in [1.165, 1.54) is 6.33 Å². The van der Waals surface area contributed by atoms with Crippen molar-refractivity contribution < 1.29 is 0 Å². The van der Waals surface area contributed by atoms with Crippen LogP contribution in [0.1, 0.15) is 16.8 Å². The van der Waals surface area contributed by atoms with Crippen molar-refractivity contribution in [1.82, 2.24) is 19.7 Å². The Morgan fingerprint density at radius 2 is 2.12 bits per heavy atom. The minimum Gasteiger partial charge on any atom is -0.383 e.